The molecule has 25 heavy (non-hydrogen) atoms. The molecule has 1 rings (SSSR count). The largest absolute Gasteiger partial charge is 0.469 e. The van der Waals surface area contributed by atoms with E-state index in [1.807, 2.05) is 19.9 Å². The quantitative estimate of drug-likeness (QED) is 0.268. The highest BCUT2D eigenvalue weighted by molar-refractivity contribution is 5.68. The normalized spacial score (nSPS) is 20.2. The van der Waals surface area contributed by atoms with Crippen molar-refractivity contribution in [3.05, 3.63) is 12.2 Å². The van der Waals surface area contributed by atoms with Crippen LogP contribution in [0.15, 0.2) is 12.2 Å². The molecule has 1 saturated heterocycles. The van der Waals surface area contributed by atoms with E-state index in [9.17, 15) is 9.90 Å². The van der Waals surface area contributed by atoms with Gasteiger partial charge in [0.2, 0.25) is 0 Å². The molecule has 0 bridgehead atoms. The van der Waals surface area contributed by atoms with Gasteiger partial charge in [0, 0.05) is 18.9 Å². The number of hydrogen-bond donors (Lipinski definition) is 1. The number of likely N-dealkylation sites (tertiary alicyclic amines) is 1. The molecule has 2 unspecified atom stereocenters. The highest BCUT2D eigenvalue weighted by Gasteiger charge is 2.22. The first-order valence-electron chi connectivity index (χ1n) is 9.65. The average molecular weight is 350 g/mol. The first kappa shape index (κ1) is 21.7. The molecule has 0 radical (unpaired) electrons. The third-order valence-corrected chi connectivity index (χ3v) is 4.93. The van der Waals surface area contributed by atoms with Crippen LogP contribution in [-0.2, 0) is 9.53 Å². The van der Waals surface area contributed by atoms with Crippen LogP contribution in [0.4, 0.5) is 0 Å². The minimum absolute atomic E-state index is 0.109. The Morgan fingerprint density at radius 2 is 2.12 bits per heavy atom. The van der Waals surface area contributed by atoms with Gasteiger partial charge in [0.05, 0.1) is 13.2 Å². The molecule has 4 heteroatoms. The third-order valence-electron chi connectivity index (χ3n) is 4.93. The Hall–Kier alpha value is -1.31. The molecular formula is C21H35NO3. The maximum atomic E-state index is 11.1. The Morgan fingerprint density at radius 1 is 1.36 bits per heavy atom. The van der Waals surface area contributed by atoms with Gasteiger partial charge < -0.3 is 9.84 Å². The van der Waals surface area contributed by atoms with Gasteiger partial charge in [-0.2, -0.15) is 0 Å². The lowest BCUT2D eigenvalue weighted by Crippen LogP contribution is -2.29. The summed E-state index contributed by atoms with van der Waals surface area (Å²) in [6.07, 6.45) is 11.7. The van der Waals surface area contributed by atoms with Gasteiger partial charge >= 0.3 is 5.97 Å². The summed E-state index contributed by atoms with van der Waals surface area (Å²) in [6, 6.07) is 0.453. The standard InChI is InChI=1S/C21H35NO3/c1-4-5-11-18(2)20(23)15-14-19-12-10-17-22(19)16-9-7-6-8-13-21(24)25-3/h14-15,18-20,23H,6-13,16-17H2,1-3H3/b15-14+/t18?,19-,20?/m1/s1. The summed E-state index contributed by atoms with van der Waals surface area (Å²) in [5.74, 6) is 5.99. The molecule has 142 valence electrons. The van der Waals surface area contributed by atoms with Crippen LogP contribution < -0.4 is 0 Å². The second-order valence-electron chi connectivity index (χ2n) is 6.97. The fraction of sp³-hybridized carbons (Fsp3) is 0.762. The predicted molar refractivity (Wildman–Crippen MR) is 102 cm³/mol. The van der Waals surface area contributed by atoms with Crippen molar-refractivity contribution in [2.75, 3.05) is 20.2 Å². The summed E-state index contributed by atoms with van der Waals surface area (Å²) >= 11 is 0. The monoisotopic (exact) mass is 349 g/mol. The molecule has 3 atom stereocenters. The van der Waals surface area contributed by atoms with Crippen molar-refractivity contribution in [1.29, 1.82) is 0 Å². The molecule has 1 N–H and O–H groups in total. The molecule has 0 amide bonds. The Morgan fingerprint density at radius 3 is 2.84 bits per heavy atom. The molecule has 0 aliphatic carbocycles. The van der Waals surface area contributed by atoms with Gasteiger partial charge in [-0.15, -0.1) is 11.8 Å². The number of aliphatic hydroxyl groups excluding tert-OH is 1. The van der Waals surface area contributed by atoms with Gasteiger partial charge in [-0.3, -0.25) is 9.69 Å². The highest BCUT2D eigenvalue weighted by Crippen LogP contribution is 2.20. The van der Waals surface area contributed by atoms with Gasteiger partial charge in [-0.1, -0.05) is 31.9 Å². The van der Waals surface area contributed by atoms with Crippen LogP contribution in [0.25, 0.3) is 0 Å². The Kier molecular flexibility index (Phi) is 11.3. The van der Waals surface area contributed by atoms with Gasteiger partial charge in [0.25, 0.3) is 0 Å². The lowest BCUT2D eigenvalue weighted by Gasteiger charge is -2.22. The van der Waals surface area contributed by atoms with Crippen LogP contribution in [0.2, 0.25) is 0 Å². The summed E-state index contributed by atoms with van der Waals surface area (Å²) in [6.45, 7) is 6.12. The van der Waals surface area contributed by atoms with Crippen molar-refractivity contribution in [3.63, 3.8) is 0 Å². The Labute approximate surface area is 153 Å². The van der Waals surface area contributed by atoms with E-state index in [2.05, 4.69) is 27.6 Å². The number of aliphatic hydroxyl groups is 1. The van der Waals surface area contributed by atoms with Crippen LogP contribution in [0.3, 0.4) is 0 Å². The molecule has 0 saturated carbocycles. The van der Waals surface area contributed by atoms with E-state index in [1.165, 1.54) is 20.0 Å². The van der Waals surface area contributed by atoms with Gasteiger partial charge in [0.1, 0.15) is 0 Å². The second-order valence-corrected chi connectivity index (χ2v) is 6.97. The van der Waals surface area contributed by atoms with Crippen LogP contribution in [0.5, 0.6) is 0 Å². The molecule has 4 nitrogen and oxygen atoms in total. The van der Waals surface area contributed by atoms with Crippen LogP contribution in [0.1, 0.15) is 65.2 Å². The summed E-state index contributed by atoms with van der Waals surface area (Å²) in [4.78, 5) is 13.6. The molecule has 1 aliphatic rings. The molecular weight excluding hydrogens is 314 g/mol. The van der Waals surface area contributed by atoms with Crippen molar-refractivity contribution in [3.8, 4) is 11.8 Å². The van der Waals surface area contributed by atoms with Crippen molar-refractivity contribution >= 4 is 5.97 Å². The van der Waals surface area contributed by atoms with Gasteiger partial charge in [0.15, 0.2) is 0 Å². The van der Waals surface area contributed by atoms with E-state index in [4.69, 9.17) is 0 Å². The summed E-state index contributed by atoms with van der Waals surface area (Å²) in [5.41, 5.74) is 0. The Bertz CT molecular complexity index is 463. The van der Waals surface area contributed by atoms with E-state index in [0.29, 0.717) is 12.5 Å². The fourth-order valence-corrected chi connectivity index (χ4v) is 3.20. The number of unbranched alkanes of at least 4 members (excludes halogenated alkanes) is 3. The molecule has 1 fully saturated rings. The molecule has 0 spiro atoms. The summed E-state index contributed by atoms with van der Waals surface area (Å²) < 4.78 is 4.65. The van der Waals surface area contributed by atoms with E-state index < -0.39 is 6.10 Å². The van der Waals surface area contributed by atoms with Crippen LogP contribution in [0, 0.1) is 17.8 Å². The topological polar surface area (TPSA) is 49.8 Å². The molecule has 0 aromatic carbocycles. The number of carbonyl (C=O) groups excluding carboxylic acids is 1. The highest BCUT2D eigenvalue weighted by atomic mass is 16.5. The number of hydrogen-bond acceptors (Lipinski definition) is 4. The van der Waals surface area contributed by atoms with Crippen molar-refractivity contribution < 1.29 is 14.6 Å². The zero-order valence-corrected chi connectivity index (χ0v) is 16.2. The van der Waals surface area contributed by atoms with E-state index in [1.54, 1.807) is 0 Å². The zero-order valence-electron chi connectivity index (χ0n) is 16.2. The van der Waals surface area contributed by atoms with Crippen LogP contribution in [-0.4, -0.2) is 48.3 Å². The number of rotatable bonds is 11. The van der Waals surface area contributed by atoms with Crippen LogP contribution >= 0.6 is 0 Å². The van der Waals surface area contributed by atoms with E-state index in [0.717, 1.165) is 45.2 Å². The van der Waals surface area contributed by atoms with Gasteiger partial charge in [-0.25, -0.2) is 0 Å². The number of ether oxygens (including phenoxy) is 1. The van der Waals surface area contributed by atoms with Gasteiger partial charge in [-0.05, 0) is 51.6 Å². The average Bonchev–Trinajstić information content (AvgIpc) is 3.07. The van der Waals surface area contributed by atoms with Crippen molar-refractivity contribution in [2.45, 2.75) is 77.4 Å². The fourth-order valence-electron chi connectivity index (χ4n) is 3.20. The molecule has 0 aromatic heterocycles. The lowest BCUT2D eigenvalue weighted by molar-refractivity contribution is -0.140. The predicted octanol–water partition coefficient (Wildman–Crippen LogP) is 3.54. The third kappa shape index (κ3) is 9.09. The smallest absolute Gasteiger partial charge is 0.305 e. The van der Waals surface area contributed by atoms with Crippen molar-refractivity contribution in [1.82, 2.24) is 4.90 Å². The number of nitrogens with zero attached hydrogens (tertiary/aromatic N) is 1. The molecule has 0 aromatic rings. The number of carbonyl (C=O) groups is 1. The first-order valence-corrected chi connectivity index (χ1v) is 9.65. The van der Waals surface area contributed by atoms with Crippen molar-refractivity contribution in [2.24, 2.45) is 5.92 Å². The lowest BCUT2D eigenvalue weighted by atomic mass is 10.00. The van der Waals surface area contributed by atoms with E-state index >= 15 is 0 Å². The molecule has 1 aliphatic heterocycles. The molecule has 1 heterocycles. The Balaban J connectivity index is 2.25. The second kappa shape index (κ2) is 13.0. The zero-order chi connectivity index (χ0) is 18.5. The minimum atomic E-state index is -0.415. The maximum Gasteiger partial charge on any atom is 0.305 e. The summed E-state index contributed by atoms with van der Waals surface area (Å²) in [5, 5.41) is 10.2. The number of esters is 1. The SMILES string of the molecule is CC#CCC(C)C(O)/C=C/[C@H]1CCCN1CCCCCCC(=O)OC. The minimum Gasteiger partial charge on any atom is -0.469 e. The summed E-state index contributed by atoms with van der Waals surface area (Å²) in [7, 11) is 1.44. The first-order chi connectivity index (χ1) is 12.1. The number of methoxy groups -OCH3 is 1. The van der Waals surface area contributed by atoms with E-state index in [-0.39, 0.29) is 11.9 Å². The maximum absolute atomic E-state index is 11.1.